The molecule has 5 nitrogen and oxygen atoms in total. The molecule has 0 radical (unpaired) electrons. The molecule has 1 aromatic heterocycles. The molecule has 0 amide bonds. The van der Waals surface area contributed by atoms with Gasteiger partial charge in [-0.15, -0.1) is 20.4 Å². The highest BCUT2D eigenvalue weighted by Gasteiger charge is 2.09. The highest BCUT2D eigenvalue weighted by molar-refractivity contribution is 5.83. The van der Waals surface area contributed by atoms with Crippen LogP contribution in [-0.2, 0) is 0 Å². The van der Waals surface area contributed by atoms with Crippen molar-refractivity contribution in [2.75, 3.05) is 7.05 Å². The number of aliphatic imine (C=N–C) groups is 1. The van der Waals surface area contributed by atoms with Crippen molar-refractivity contribution in [3.05, 3.63) is 17.7 Å². The van der Waals surface area contributed by atoms with Crippen LogP contribution in [0.1, 0.15) is 25.5 Å². The second-order valence-corrected chi connectivity index (χ2v) is 3.45. The highest BCUT2D eigenvalue weighted by Crippen LogP contribution is 2.17. The Kier molecular flexibility index (Phi) is 4.03. The molecule has 0 N–H and O–H groups in total. The topological polar surface area (TPSA) is 63.9 Å². The van der Waals surface area contributed by atoms with Crippen molar-refractivity contribution < 1.29 is 0 Å². The van der Waals surface area contributed by atoms with Crippen LogP contribution in [0.2, 0.25) is 0 Å². The van der Waals surface area contributed by atoms with Crippen molar-refractivity contribution in [3.8, 4) is 0 Å². The highest BCUT2D eigenvalue weighted by atomic mass is 15.3. The van der Waals surface area contributed by atoms with Gasteiger partial charge in [0.1, 0.15) is 0 Å². The molecule has 0 unspecified atom stereocenters. The summed E-state index contributed by atoms with van der Waals surface area (Å²) in [5.41, 5.74) is 0.987. The van der Waals surface area contributed by atoms with Crippen LogP contribution < -0.4 is 0 Å². The molecule has 1 heterocycles. The number of rotatable bonds is 3. The van der Waals surface area contributed by atoms with Crippen LogP contribution in [0, 0.1) is 12.8 Å². The van der Waals surface area contributed by atoms with Crippen molar-refractivity contribution in [3.63, 3.8) is 0 Å². The molecule has 5 heteroatoms. The van der Waals surface area contributed by atoms with Crippen LogP contribution in [0.15, 0.2) is 11.1 Å². The van der Waals surface area contributed by atoms with Crippen LogP contribution in [0.3, 0.4) is 0 Å². The molecule has 0 atom stereocenters. The van der Waals surface area contributed by atoms with E-state index in [2.05, 4.69) is 39.2 Å². The van der Waals surface area contributed by atoms with Crippen LogP contribution >= 0.6 is 0 Å². The fraction of sp³-hybridized carbons (Fsp3) is 0.500. The summed E-state index contributed by atoms with van der Waals surface area (Å²) in [4.78, 5) is 3.90. The molecule has 0 aliphatic carbocycles. The third-order valence-corrected chi connectivity index (χ3v) is 1.86. The molecular weight excluding hydrogens is 190 g/mol. The summed E-state index contributed by atoms with van der Waals surface area (Å²) in [6, 6.07) is 0. The molecule has 0 aliphatic rings. The summed E-state index contributed by atoms with van der Waals surface area (Å²) < 4.78 is 0. The summed E-state index contributed by atoms with van der Waals surface area (Å²) in [5, 5.41) is 15.8. The number of aryl methyl sites for hydroxylation is 1. The molecule has 0 aliphatic heterocycles. The molecule has 0 saturated heterocycles. The van der Waals surface area contributed by atoms with E-state index in [4.69, 9.17) is 0 Å². The summed E-state index contributed by atoms with van der Waals surface area (Å²) in [6.07, 6.45) is 3.61. The van der Waals surface area contributed by atoms with Gasteiger partial charge in [0.25, 0.3) is 0 Å². The lowest BCUT2D eigenvalue weighted by Gasteiger charge is -2.06. The normalized spacial score (nSPS) is 12.7. The second-order valence-electron chi connectivity index (χ2n) is 3.45. The smallest absolute Gasteiger partial charge is 0.199 e. The Morgan fingerprint density at radius 1 is 1.20 bits per heavy atom. The van der Waals surface area contributed by atoms with Gasteiger partial charge in [-0.05, 0) is 18.9 Å². The Morgan fingerprint density at radius 2 is 1.80 bits per heavy atom. The van der Waals surface area contributed by atoms with Gasteiger partial charge in [0.15, 0.2) is 11.6 Å². The molecule has 0 bridgehead atoms. The number of allylic oxidation sites excluding steroid dienone is 2. The maximum Gasteiger partial charge on any atom is 0.199 e. The molecule has 1 aromatic rings. The van der Waals surface area contributed by atoms with Crippen LogP contribution in [0.4, 0.5) is 0 Å². The quantitative estimate of drug-likeness (QED) is 0.698. The zero-order chi connectivity index (χ0) is 11.3. The minimum atomic E-state index is 0.314. The first kappa shape index (κ1) is 11.4. The van der Waals surface area contributed by atoms with Gasteiger partial charge in [0.2, 0.25) is 0 Å². The summed E-state index contributed by atoms with van der Waals surface area (Å²) in [7, 11) is 1.72. The maximum atomic E-state index is 4.00. The van der Waals surface area contributed by atoms with E-state index in [1.807, 2.05) is 6.08 Å². The van der Waals surface area contributed by atoms with Gasteiger partial charge >= 0.3 is 0 Å². The SMILES string of the molecule is C/N=C\C=C(\c1nnc(C)nn1)C(C)C. The van der Waals surface area contributed by atoms with Gasteiger partial charge in [-0.25, -0.2) is 0 Å². The summed E-state index contributed by atoms with van der Waals surface area (Å²) >= 11 is 0. The third kappa shape index (κ3) is 3.19. The van der Waals surface area contributed by atoms with Gasteiger partial charge in [-0.3, -0.25) is 4.99 Å². The fourth-order valence-electron chi connectivity index (χ4n) is 1.07. The predicted molar refractivity (Wildman–Crippen MR) is 59.6 cm³/mol. The minimum Gasteiger partial charge on any atom is -0.297 e. The first-order valence-corrected chi connectivity index (χ1v) is 4.82. The summed E-state index contributed by atoms with van der Waals surface area (Å²) in [6.45, 7) is 5.90. The summed E-state index contributed by atoms with van der Waals surface area (Å²) in [5.74, 6) is 1.45. The molecule has 80 valence electrons. The Hall–Kier alpha value is -1.65. The molecular formula is C10H15N5. The fourth-order valence-corrected chi connectivity index (χ4v) is 1.07. The average Bonchev–Trinajstić information content (AvgIpc) is 2.21. The number of nitrogens with zero attached hydrogens (tertiary/aromatic N) is 5. The molecule has 15 heavy (non-hydrogen) atoms. The number of aromatic nitrogens is 4. The Bertz CT molecular complexity index is 364. The molecule has 0 spiro atoms. The lowest BCUT2D eigenvalue weighted by Crippen LogP contribution is -2.05. The van der Waals surface area contributed by atoms with Gasteiger partial charge < -0.3 is 0 Å². The van der Waals surface area contributed by atoms with E-state index in [0.29, 0.717) is 17.6 Å². The maximum absolute atomic E-state index is 4.00. The van der Waals surface area contributed by atoms with E-state index in [-0.39, 0.29) is 0 Å². The van der Waals surface area contributed by atoms with Crippen molar-refractivity contribution >= 4 is 11.8 Å². The van der Waals surface area contributed by atoms with Crippen LogP contribution in [0.25, 0.3) is 5.57 Å². The van der Waals surface area contributed by atoms with E-state index in [1.165, 1.54) is 0 Å². The van der Waals surface area contributed by atoms with Gasteiger partial charge in [-0.1, -0.05) is 13.8 Å². The van der Waals surface area contributed by atoms with Crippen LogP contribution in [0.5, 0.6) is 0 Å². The lowest BCUT2D eigenvalue weighted by atomic mass is 10.0. The van der Waals surface area contributed by atoms with Gasteiger partial charge in [0.05, 0.1) is 0 Å². The lowest BCUT2D eigenvalue weighted by molar-refractivity contribution is 0.757. The van der Waals surface area contributed by atoms with Gasteiger partial charge in [0, 0.05) is 18.8 Å². The van der Waals surface area contributed by atoms with Crippen molar-refractivity contribution in [2.24, 2.45) is 10.9 Å². The predicted octanol–water partition coefficient (Wildman–Crippen LogP) is 1.32. The van der Waals surface area contributed by atoms with E-state index >= 15 is 0 Å². The van der Waals surface area contributed by atoms with Crippen molar-refractivity contribution in [1.29, 1.82) is 0 Å². The third-order valence-electron chi connectivity index (χ3n) is 1.86. The standard InChI is InChI=1S/C10H15N5/c1-7(2)9(5-6-11-4)10-14-12-8(3)13-15-10/h5-7H,1-4H3/b9-5+,11-6-. The van der Waals surface area contributed by atoms with E-state index in [1.54, 1.807) is 20.2 Å². The monoisotopic (exact) mass is 205 g/mol. The number of hydrogen-bond donors (Lipinski definition) is 0. The van der Waals surface area contributed by atoms with Crippen LogP contribution in [-0.4, -0.2) is 33.7 Å². The van der Waals surface area contributed by atoms with E-state index in [9.17, 15) is 0 Å². The van der Waals surface area contributed by atoms with Crippen molar-refractivity contribution in [2.45, 2.75) is 20.8 Å². The Balaban J connectivity index is 3.05. The molecule has 0 aromatic carbocycles. The molecule has 1 rings (SSSR count). The average molecular weight is 205 g/mol. The van der Waals surface area contributed by atoms with Gasteiger partial charge in [-0.2, -0.15) is 0 Å². The zero-order valence-corrected chi connectivity index (χ0v) is 9.47. The van der Waals surface area contributed by atoms with Crippen molar-refractivity contribution in [1.82, 2.24) is 20.4 Å². The zero-order valence-electron chi connectivity index (χ0n) is 9.47. The second kappa shape index (κ2) is 5.29. The largest absolute Gasteiger partial charge is 0.297 e. The first-order chi connectivity index (χ1) is 7.15. The molecule has 0 saturated carbocycles. The molecule has 0 fully saturated rings. The minimum absolute atomic E-state index is 0.314. The van der Waals surface area contributed by atoms with E-state index in [0.717, 1.165) is 5.57 Å². The number of hydrogen-bond acceptors (Lipinski definition) is 5. The van der Waals surface area contributed by atoms with E-state index < -0.39 is 0 Å². The Morgan fingerprint density at radius 3 is 2.27 bits per heavy atom. The Labute approximate surface area is 89.4 Å². The first-order valence-electron chi connectivity index (χ1n) is 4.82.